The van der Waals surface area contributed by atoms with Gasteiger partial charge in [0, 0.05) is 19.2 Å². The first-order valence-corrected chi connectivity index (χ1v) is 4.55. The molecule has 0 heterocycles. The summed E-state index contributed by atoms with van der Waals surface area (Å²) in [6.07, 6.45) is 0. The lowest BCUT2D eigenvalue weighted by molar-refractivity contribution is 0.190. The van der Waals surface area contributed by atoms with E-state index >= 15 is 0 Å². The van der Waals surface area contributed by atoms with E-state index in [9.17, 15) is 17.6 Å². The first-order valence-electron chi connectivity index (χ1n) is 4.55. The molecule has 6 heteroatoms. The fourth-order valence-electron chi connectivity index (χ4n) is 1.24. The van der Waals surface area contributed by atoms with Crippen LogP contribution in [-0.4, -0.2) is 19.8 Å². The Hall–Kier alpha value is -1.30. The van der Waals surface area contributed by atoms with Crippen LogP contribution in [0.4, 0.5) is 23.2 Å². The summed E-state index contributed by atoms with van der Waals surface area (Å²) < 4.78 is 56.6. The average molecular weight is 237 g/mol. The number of methoxy groups -OCH3 is 1. The van der Waals surface area contributed by atoms with E-state index in [1.54, 1.807) is 6.92 Å². The van der Waals surface area contributed by atoms with Crippen LogP contribution in [0.2, 0.25) is 0 Å². The molecule has 1 N–H and O–H groups in total. The van der Waals surface area contributed by atoms with E-state index in [0.717, 1.165) is 0 Å². The van der Waals surface area contributed by atoms with Crippen LogP contribution in [0.5, 0.6) is 0 Å². The molecule has 0 aromatic heterocycles. The van der Waals surface area contributed by atoms with Gasteiger partial charge in [-0.15, -0.1) is 0 Å². The second-order valence-corrected chi connectivity index (χ2v) is 3.34. The minimum absolute atomic E-state index is 0.150. The Bertz CT molecular complexity index is 357. The van der Waals surface area contributed by atoms with Crippen molar-refractivity contribution in [2.45, 2.75) is 13.0 Å². The van der Waals surface area contributed by atoms with Gasteiger partial charge in [0.1, 0.15) is 5.69 Å². The molecule has 0 saturated heterocycles. The van der Waals surface area contributed by atoms with Crippen molar-refractivity contribution >= 4 is 5.69 Å². The van der Waals surface area contributed by atoms with Crippen LogP contribution in [0.25, 0.3) is 0 Å². The molecule has 0 aliphatic heterocycles. The van der Waals surface area contributed by atoms with E-state index in [1.165, 1.54) is 7.11 Å². The van der Waals surface area contributed by atoms with Crippen LogP contribution in [0, 0.1) is 23.3 Å². The zero-order valence-electron chi connectivity index (χ0n) is 8.78. The van der Waals surface area contributed by atoms with Crippen molar-refractivity contribution < 1.29 is 22.3 Å². The Morgan fingerprint density at radius 1 is 1.19 bits per heavy atom. The second-order valence-electron chi connectivity index (χ2n) is 3.34. The van der Waals surface area contributed by atoms with Gasteiger partial charge in [-0.05, 0) is 6.92 Å². The standard InChI is InChI=1S/C10H11F4NO/c1-5(4-16-2)15-10-8(13)6(11)3-7(12)9(10)14/h3,5,15H,4H2,1-2H3. The maximum atomic E-state index is 13.2. The van der Waals surface area contributed by atoms with Crippen molar-refractivity contribution in [1.29, 1.82) is 0 Å². The van der Waals surface area contributed by atoms with Gasteiger partial charge >= 0.3 is 0 Å². The predicted molar refractivity (Wildman–Crippen MR) is 51.2 cm³/mol. The lowest BCUT2D eigenvalue weighted by atomic mass is 10.2. The monoisotopic (exact) mass is 237 g/mol. The third-order valence-corrected chi connectivity index (χ3v) is 1.92. The molecular formula is C10H11F4NO. The van der Waals surface area contributed by atoms with E-state index in [4.69, 9.17) is 4.74 Å². The molecule has 1 aromatic rings. The van der Waals surface area contributed by atoms with Crippen molar-refractivity contribution in [2.24, 2.45) is 0 Å². The minimum atomic E-state index is -1.44. The van der Waals surface area contributed by atoms with E-state index in [0.29, 0.717) is 0 Å². The Balaban J connectivity index is 3.03. The fourth-order valence-corrected chi connectivity index (χ4v) is 1.24. The molecule has 0 radical (unpaired) electrons. The first kappa shape index (κ1) is 12.8. The molecule has 90 valence electrons. The Labute approximate surface area is 90.2 Å². The molecule has 0 bridgehead atoms. The fraction of sp³-hybridized carbons (Fsp3) is 0.400. The summed E-state index contributed by atoms with van der Waals surface area (Å²) in [6, 6.07) is -0.313. The van der Waals surface area contributed by atoms with Gasteiger partial charge in [0.25, 0.3) is 0 Å². The van der Waals surface area contributed by atoms with Crippen molar-refractivity contribution in [1.82, 2.24) is 0 Å². The third-order valence-electron chi connectivity index (χ3n) is 1.92. The lowest BCUT2D eigenvalue weighted by Crippen LogP contribution is -2.23. The summed E-state index contributed by atoms with van der Waals surface area (Å²) in [4.78, 5) is 0. The lowest BCUT2D eigenvalue weighted by Gasteiger charge is -2.15. The van der Waals surface area contributed by atoms with Crippen LogP contribution in [-0.2, 0) is 4.74 Å². The van der Waals surface area contributed by atoms with Gasteiger partial charge in [0.2, 0.25) is 0 Å². The van der Waals surface area contributed by atoms with Crippen LogP contribution >= 0.6 is 0 Å². The molecule has 0 aliphatic rings. The molecule has 0 fully saturated rings. The van der Waals surface area contributed by atoms with Gasteiger partial charge < -0.3 is 10.1 Å². The highest BCUT2D eigenvalue weighted by Crippen LogP contribution is 2.24. The number of rotatable bonds is 4. The van der Waals surface area contributed by atoms with Crippen molar-refractivity contribution in [2.75, 3.05) is 19.0 Å². The van der Waals surface area contributed by atoms with Gasteiger partial charge in [-0.2, -0.15) is 0 Å². The summed E-state index contributed by atoms with van der Waals surface area (Å²) in [5.74, 6) is -5.76. The average Bonchev–Trinajstić information content (AvgIpc) is 2.22. The molecular weight excluding hydrogens is 226 g/mol. The SMILES string of the molecule is COCC(C)Nc1c(F)c(F)cc(F)c1F. The van der Waals surface area contributed by atoms with Gasteiger partial charge in [-0.3, -0.25) is 0 Å². The zero-order chi connectivity index (χ0) is 12.3. The molecule has 1 rings (SSSR count). The second kappa shape index (κ2) is 5.16. The smallest absolute Gasteiger partial charge is 0.185 e. The van der Waals surface area contributed by atoms with Crippen molar-refractivity contribution in [3.63, 3.8) is 0 Å². The topological polar surface area (TPSA) is 21.3 Å². The minimum Gasteiger partial charge on any atom is -0.383 e. The number of nitrogens with one attached hydrogen (secondary N) is 1. The zero-order valence-corrected chi connectivity index (χ0v) is 8.78. The highest BCUT2D eigenvalue weighted by Gasteiger charge is 2.20. The predicted octanol–water partition coefficient (Wildman–Crippen LogP) is 2.69. The number of benzene rings is 1. The largest absolute Gasteiger partial charge is 0.383 e. The van der Waals surface area contributed by atoms with E-state index in [-0.39, 0.29) is 12.7 Å². The van der Waals surface area contributed by atoms with Gasteiger partial charge in [-0.25, -0.2) is 17.6 Å². The molecule has 2 nitrogen and oxygen atoms in total. The summed E-state index contributed by atoms with van der Waals surface area (Å²) in [6.45, 7) is 1.71. The maximum absolute atomic E-state index is 13.2. The molecule has 0 spiro atoms. The van der Waals surface area contributed by atoms with Gasteiger partial charge in [-0.1, -0.05) is 0 Å². The number of halogens is 4. The van der Waals surface area contributed by atoms with Crippen molar-refractivity contribution in [3.8, 4) is 0 Å². The van der Waals surface area contributed by atoms with E-state index in [2.05, 4.69) is 5.32 Å². The van der Waals surface area contributed by atoms with Gasteiger partial charge in [0.15, 0.2) is 23.3 Å². The quantitative estimate of drug-likeness (QED) is 0.642. The summed E-state index contributed by atoms with van der Waals surface area (Å²) >= 11 is 0. The molecule has 1 aromatic carbocycles. The first-order chi connectivity index (χ1) is 7.47. The number of hydrogen-bond acceptors (Lipinski definition) is 2. The Kier molecular flexibility index (Phi) is 4.12. The number of hydrogen-bond donors (Lipinski definition) is 1. The summed E-state index contributed by atoms with van der Waals surface area (Å²) in [5.41, 5.74) is -0.818. The molecule has 0 aliphatic carbocycles. The molecule has 0 saturated carbocycles. The molecule has 1 unspecified atom stereocenters. The molecule has 0 amide bonds. The Morgan fingerprint density at radius 3 is 2.12 bits per heavy atom. The molecule has 16 heavy (non-hydrogen) atoms. The van der Waals surface area contributed by atoms with Gasteiger partial charge in [0.05, 0.1) is 6.61 Å². The van der Waals surface area contributed by atoms with E-state index in [1.807, 2.05) is 0 Å². The highest BCUT2D eigenvalue weighted by atomic mass is 19.2. The normalized spacial score (nSPS) is 12.6. The highest BCUT2D eigenvalue weighted by molar-refractivity contribution is 5.47. The maximum Gasteiger partial charge on any atom is 0.185 e. The summed E-state index contributed by atoms with van der Waals surface area (Å²) in [7, 11) is 1.40. The van der Waals surface area contributed by atoms with Crippen LogP contribution in [0.3, 0.4) is 0 Å². The third kappa shape index (κ3) is 2.63. The number of ether oxygens (including phenoxy) is 1. The van der Waals surface area contributed by atoms with E-state index < -0.39 is 35.0 Å². The van der Waals surface area contributed by atoms with Crippen LogP contribution in [0.1, 0.15) is 6.92 Å². The van der Waals surface area contributed by atoms with Crippen LogP contribution < -0.4 is 5.32 Å². The Morgan fingerprint density at radius 2 is 1.69 bits per heavy atom. The van der Waals surface area contributed by atoms with Crippen LogP contribution in [0.15, 0.2) is 6.07 Å². The molecule has 1 atom stereocenters. The van der Waals surface area contributed by atoms with Crippen molar-refractivity contribution in [3.05, 3.63) is 29.3 Å². The summed E-state index contributed by atoms with van der Waals surface area (Å²) in [5, 5.41) is 2.31. The number of anilines is 1.